The van der Waals surface area contributed by atoms with E-state index in [1.165, 1.54) is 30.3 Å². The molecule has 0 heterocycles. The van der Waals surface area contributed by atoms with E-state index in [-0.39, 0.29) is 11.4 Å². The van der Waals surface area contributed by atoms with Crippen molar-refractivity contribution in [2.24, 2.45) is 0 Å². The van der Waals surface area contributed by atoms with Gasteiger partial charge in [-0.05, 0) is 48.0 Å². The second kappa shape index (κ2) is 9.09. The number of hydrogen-bond donors (Lipinski definition) is 2. The highest BCUT2D eigenvalue weighted by Crippen LogP contribution is 2.15. The maximum absolute atomic E-state index is 12.8. The monoisotopic (exact) mass is 387 g/mol. The van der Waals surface area contributed by atoms with E-state index in [1.54, 1.807) is 54.6 Å². The molecule has 0 unspecified atom stereocenters. The zero-order valence-corrected chi connectivity index (χ0v) is 15.2. The lowest BCUT2D eigenvalue weighted by Crippen LogP contribution is -2.30. The third-order valence-electron chi connectivity index (χ3n) is 3.98. The number of nitro benzene ring substituents is 1. The van der Waals surface area contributed by atoms with E-state index in [2.05, 4.69) is 10.6 Å². The molecule has 3 aromatic carbocycles. The minimum absolute atomic E-state index is 0.0107. The number of carbonyl (C=O) groups is 2. The van der Waals surface area contributed by atoms with Crippen LogP contribution in [0.1, 0.15) is 15.9 Å². The molecule has 0 aromatic heterocycles. The first-order chi connectivity index (χ1) is 14.0. The Morgan fingerprint density at radius 2 is 1.41 bits per heavy atom. The van der Waals surface area contributed by atoms with Crippen LogP contribution in [0.25, 0.3) is 6.08 Å². The number of nitro groups is 1. The van der Waals surface area contributed by atoms with Gasteiger partial charge in [0, 0.05) is 23.4 Å². The SMILES string of the molecule is O=C(Nc1ccccc1)/C(=C\c1ccc([N+](=O)[O-])cc1)NC(=O)c1ccccc1. The Morgan fingerprint density at radius 3 is 2.00 bits per heavy atom. The molecule has 0 saturated heterocycles. The Kier molecular flexibility index (Phi) is 6.12. The molecule has 0 radical (unpaired) electrons. The molecule has 0 aliphatic heterocycles. The van der Waals surface area contributed by atoms with E-state index in [9.17, 15) is 19.7 Å². The molecule has 0 aliphatic rings. The first-order valence-electron chi connectivity index (χ1n) is 8.72. The zero-order valence-electron chi connectivity index (χ0n) is 15.2. The number of nitrogens with one attached hydrogen (secondary N) is 2. The van der Waals surface area contributed by atoms with Gasteiger partial charge >= 0.3 is 0 Å². The molecule has 144 valence electrons. The number of anilines is 1. The van der Waals surface area contributed by atoms with Crippen LogP contribution in [0.2, 0.25) is 0 Å². The second-order valence-corrected chi connectivity index (χ2v) is 6.05. The number of hydrogen-bond acceptors (Lipinski definition) is 4. The predicted molar refractivity (Wildman–Crippen MR) is 110 cm³/mol. The lowest BCUT2D eigenvalue weighted by molar-refractivity contribution is -0.384. The van der Waals surface area contributed by atoms with Crippen molar-refractivity contribution in [2.75, 3.05) is 5.32 Å². The number of nitrogens with zero attached hydrogens (tertiary/aromatic N) is 1. The molecule has 0 saturated carbocycles. The summed E-state index contributed by atoms with van der Waals surface area (Å²) < 4.78 is 0. The fourth-order valence-electron chi connectivity index (χ4n) is 2.52. The van der Waals surface area contributed by atoms with Crippen molar-refractivity contribution in [3.05, 3.63) is 112 Å². The molecule has 0 atom stereocenters. The third kappa shape index (κ3) is 5.36. The summed E-state index contributed by atoms with van der Waals surface area (Å²) in [5.41, 5.74) is 1.44. The van der Waals surface area contributed by atoms with Gasteiger partial charge in [0.1, 0.15) is 5.70 Å². The molecular weight excluding hydrogens is 370 g/mol. The van der Waals surface area contributed by atoms with Crippen LogP contribution in [0.5, 0.6) is 0 Å². The minimum atomic E-state index is -0.515. The fraction of sp³-hybridized carbons (Fsp3) is 0. The van der Waals surface area contributed by atoms with Crippen molar-refractivity contribution >= 4 is 29.3 Å². The molecule has 2 N–H and O–H groups in total. The third-order valence-corrected chi connectivity index (χ3v) is 3.98. The standard InChI is InChI=1S/C22H17N3O4/c26-21(17-7-3-1-4-8-17)24-20(22(27)23-18-9-5-2-6-10-18)15-16-11-13-19(14-12-16)25(28)29/h1-15H,(H,23,27)(H,24,26)/b20-15+. The Bertz CT molecular complexity index is 1050. The van der Waals surface area contributed by atoms with Gasteiger partial charge < -0.3 is 10.6 Å². The van der Waals surface area contributed by atoms with Crippen molar-refractivity contribution < 1.29 is 14.5 Å². The summed E-state index contributed by atoms with van der Waals surface area (Å²) in [5.74, 6) is -0.958. The highest BCUT2D eigenvalue weighted by Gasteiger charge is 2.15. The Morgan fingerprint density at radius 1 is 0.828 bits per heavy atom. The molecule has 7 heteroatoms. The summed E-state index contributed by atoms with van der Waals surface area (Å²) in [6, 6.07) is 23.0. The van der Waals surface area contributed by atoms with Crippen molar-refractivity contribution in [3.8, 4) is 0 Å². The molecule has 0 bridgehead atoms. The van der Waals surface area contributed by atoms with E-state index in [1.807, 2.05) is 6.07 Å². The zero-order chi connectivity index (χ0) is 20.6. The summed E-state index contributed by atoms with van der Waals surface area (Å²) in [6.45, 7) is 0. The van der Waals surface area contributed by atoms with Crippen LogP contribution < -0.4 is 10.6 Å². The van der Waals surface area contributed by atoms with Gasteiger partial charge in [0.05, 0.1) is 4.92 Å². The summed E-state index contributed by atoms with van der Waals surface area (Å²) >= 11 is 0. The predicted octanol–water partition coefficient (Wildman–Crippen LogP) is 4.00. The maximum atomic E-state index is 12.8. The van der Waals surface area contributed by atoms with Gasteiger partial charge in [0.25, 0.3) is 17.5 Å². The van der Waals surface area contributed by atoms with Crippen LogP contribution in [0.15, 0.2) is 90.6 Å². The van der Waals surface area contributed by atoms with Crippen LogP contribution in [0, 0.1) is 10.1 Å². The number of carbonyl (C=O) groups excluding carboxylic acids is 2. The van der Waals surface area contributed by atoms with E-state index in [0.717, 1.165) is 0 Å². The Balaban J connectivity index is 1.88. The Hall–Kier alpha value is -4.26. The number of benzene rings is 3. The van der Waals surface area contributed by atoms with Gasteiger partial charge in [-0.3, -0.25) is 19.7 Å². The van der Waals surface area contributed by atoms with Crippen molar-refractivity contribution in [3.63, 3.8) is 0 Å². The summed E-state index contributed by atoms with van der Waals surface area (Å²) in [5, 5.41) is 16.2. The fourth-order valence-corrected chi connectivity index (χ4v) is 2.52. The van der Waals surface area contributed by atoms with Crippen LogP contribution in [-0.2, 0) is 4.79 Å². The number of para-hydroxylation sites is 1. The van der Waals surface area contributed by atoms with Gasteiger partial charge in [-0.25, -0.2) is 0 Å². The van der Waals surface area contributed by atoms with Crippen molar-refractivity contribution in [1.82, 2.24) is 5.32 Å². The largest absolute Gasteiger partial charge is 0.321 e. The highest BCUT2D eigenvalue weighted by atomic mass is 16.6. The topological polar surface area (TPSA) is 101 Å². The molecular formula is C22H17N3O4. The summed E-state index contributed by atoms with van der Waals surface area (Å²) in [4.78, 5) is 35.6. The molecule has 0 spiro atoms. The van der Waals surface area contributed by atoms with Crippen LogP contribution >= 0.6 is 0 Å². The van der Waals surface area contributed by atoms with Crippen LogP contribution in [0.4, 0.5) is 11.4 Å². The normalized spacial score (nSPS) is 10.8. The maximum Gasteiger partial charge on any atom is 0.272 e. The highest BCUT2D eigenvalue weighted by molar-refractivity contribution is 6.10. The Labute approximate surface area is 166 Å². The molecule has 0 fully saturated rings. The van der Waals surface area contributed by atoms with Crippen LogP contribution in [0.3, 0.4) is 0 Å². The van der Waals surface area contributed by atoms with E-state index >= 15 is 0 Å². The lowest BCUT2D eigenvalue weighted by atomic mass is 10.1. The molecule has 7 nitrogen and oxygen atoms in total. The summed E-state index contributed by atoms with van der Waals surface area (Å²) in [6.07, 6.45) is 1.46. The van der Waals surface area contributed by atoms with Gasteiger partial charge in [0.2, 0.25) is 0 Å². The van der Waals surface area contributed by atoms with Gasteiger partial charge in [-0.2, -0.15) is 0 Å². The first-order valence-corrected chi connectivity index (χ1v) is 8.72. The van der Waals surface area contributed by atoms with E-state index < -0.39 is 16.7 Å². The molecule has 3 aromatic rings. The van der Waals surface area contributed by atoms with E-state index in [0.29, 0.717) is 16.8 Å². The number of rotatable bonds is 6. The molecule has 29 heavy (non-hydrogen) atoms. The molecule has 3 rings (SSSR count). The first kappa shape index (κ1) is 19.5. The molecule has 0 aliphatic carbocycles. The van der Waals surface area contributed by atoms with E-state index in [4.69, 9.17) is 0 Å². The van der Waals surface area contributed by atoms with Crippen LogP contribution in [-0.4, -0.2) is 16.7 Å². The average Bonchev–Trinajstić information content (AvgIpc) is 2.75. The average molecular weight is 387 g/mol. The summed E-state index contributed by atoms with van der Waals surface area (Å²) in [7, 11) is 0. The molecule has 2 amide bonds. The lowest BCUT2D eigenvalue weighted by Gasteiger charge is -2.11. The van der Waals surface area contributed by atoms with Crippen molar-refractivity contribution in [1.29, 1.82) is 0 Å². The van der Waals surface area contributed by atoms with Crippen molar-refractivity contribution in [2.45, 2.75) is 0 Å². The quantitative estimate of drug-likeness (QED) is 0.379. The minimum Gasteiger partial charge on any atom is -0.321 e. The van der Waals surface area contributed by atoms with Gasteiger partial charge in [-0.1, -0.05) is 36.4 Å². The van der Waals surface area contributed by atoms with Gasteiger partial charge in [0.15, 0.2) is 0 Å². The number of non-ortho nitro benzene ring substituents is 1. The second-order valence-electron chi connectivity index (χ2n) is 6.05. The smallest absolute Gasteiger partial charge is 0.272 e. The number of amides is 2. The van der Waals surface area contributed by atoms with Gasteiger partial charge in [-0.15, -0.1) is 0 Å².